The predicted octanol–water partition coefficient (Wildman–Crippen LogP) is 3.99. The zero-order chi connectivity index (χ0) is 21.6. The van der Waals surface area contributed by atoms with Gasteiger partial charge in [0.2, 0.25) is 11.8 Å². The lowest BCUT2D eigenvalue weighted by molar-refractivity contribution is -0.274. The number of halogens is 3. The summed E-state index contributed by atoms with van der Waals surface area (Å²) in [6.07, 6.45) is -3.22. The molecule has 0 bridgehead atoms. The van der Waals surface area contributed by atoms with Crippen LogP contribution >= 0.6 is 0 Å². The molecule has 2 aromatic rings. The fourth-order valence-electron chi connectivity index (χ4n) is 2.43. The Balaban J connectivity index is 1.94. The molecule has 0 fully saturated rings. The number of hydrogen-bond acceptors (Lipinski definition) is 4. The number of anilines is 1. The molecule has 156 valence electrons. The van der Waals surface area contributed by atoms with Crippen molar-refractivity contribution < 1.29 is 27.5 Å². The Hall–Kier alpha value is -3.10. The third-order valence-corrected chi connectivity index (χ3v) is 3.96. The Kier molecular flexibility index (Phi) is 7.19. The number of rotatable bonds is 7. The highest BCUT2D eigenvalue weighted by molar-refractivity contribution is 5.91. The van der Waals surface area contributed by atoms with E-state index in [1.54, 1.807) is 32.9 Å². The molecule has 1 unspecified atom stereocenters. The fraction of sp³-hybridized carbons (Fsp3) is 0.350. The van der Waals surface area contributed by atoms with E-state index in [2.05, 4.69) is 20.4 Å². The van der Waals surface area contributed by atoms with Crippen LogP contribution in [0.4, 0.5) is 19.0 Å². The minimum absolute atomic E-state index is 0.00133. The van der Waals surface area contributed by atoms with Crippen molar-refractivity contribution >= 4 is 17.6 Å². The first-order valence-corrected chi connectivity index (χ1v) is 8.94. The monoisotopic (exact) mass is 409 g/mol. The molecule has 6 nitrogen and oxygen atoms in total. The molecule has 1 atom stereocenters. The number of alkyl halides is 3. The second-order valence-corrected chi connectivity index (χ2v) is 6.78. The number of nitrogens with zero attached hydrogens (tertiary/aromatic N) is 1. The molecule has 0 aliphatic rings. The molecule has 2 N–H and O–H groups in total. The molecule has 0 aliphatic heterocycles. The maximum absolute atomic E-state index is 12.3. The molecule has 2 amide bonds. The highest BCUT2D eigenvalue weighted by atomic mass is 19.4. The molecule has 0 aliphatic carbocycles. The first-order valence-electron chi connectivity index (χ1n) is 8.94. The molecule has 0 radical (unpaired) electrons. The largest absolute Gasteiger partial charge is 0.573 e. The van der Waals surface area contributed by atoms with E-state index < -0.39 is 6.36 Å². The van der Waals surface area contributed by atoms with Crippen LogP contribution in [0.5, 0.6) is 5.75 Å². The minimum Gasteiger partial charge on any atom is -0.406 e. The Morgan fingerprint density at radius 2 is 1.76 bits per heavy atom. The molecule has 1 aromatic heterocycles. The van der Waals surface area contributed by atoms with Gasteiger partial charge in [-0.1, -0.05) is 26.0 Å². The van der Waals surface area contributed by atoms with Crippen molar-refractivity contribution in [2.45, 2.75) is 39.6 Å². The van der Waals surface area contributed by atoms with Gasteiger partial charge in [-0.05, 0) is 42.3 Å². The van der Waals surface area contributed by atoms with Gasteiger partial charge in [-0.3, -0.25) is 9.59 Å². The molecule has 0 spiro atoms. The van der Waals surface area contributed by atoms with E-state index in [9.17, 15) is 22.8 Å². The Bertz CT molecular complexity index is 852. The number of carbonyl (C=O) groups excluding carboxylic acids is 2. The number of nitrogens with one attached hydrogen (secondary N) is 2. The third-order valence-electron chi connectivity index (χ3n) is 3.96. The smallest absolute Gasteiger partial charge is 0.406 e. The summed E-state index contributed by atoms with van der Waals surface area (Å²) >= 11 is 0. The molecule has 0 saturated heterocycles. The lowest BCUT2D eigenvalue weighted by Crippen LogP contribution is -2.28. The fourth-order valence-corrected chi connectivity index (χ4v) is 2.43. The number of aromatic nitrogens is 1. The minimum atomic E-state index is -4.76. The number of pyridine rings is 1. The molecule has 9 heteroatoms. The Morgan fingerprint density at radius 1 is 1.10 bits per heavy atom. The van der Waals surface area contributed by atoms with Gasteiger partial charge in [0.15, 0.2) is 0 Å². The van der Waals surface area contributed by atoms with E-state index in [1.165, 1.54) is 18.3 Å². The van der Waals surface area contributed by atoms with Crippen molar-refractivity contribution in [1.29, 1.82) is 0 Å². The third kappa shape index (κ3) is 7.44. The van der Waals surface area contributed by atoms with E-state index in [1.807, 2.05) is 0 Å². The lowest BCUT2D eigenvalue weighted by Gasteiger charge is -2.16. The van der Waals surface area contributed by atoms with Gasteiger partial charge in [0.05, 0.1) is 12.5 Å². The number of ether oxygens (including phenoxy) is 1. The average molecular weight is 409 g/mol. The van der Waals surface area contributed by atoms with Crippen LogP contribution < -0.4 is 15.4 Å². The summed E-state index contributed by atoms with van der Waals surface area (Å²) < 4.78 is 40.3. The van der Waals surface area contributed by atoms with Crippen molar-refractivity contribution in [1.82, 2.24) is 10.3 Å². The highest BCUT2D eigenvalue weighted by Crippen LogP contribution is 2.23. The highest BCUT2D eigenvalue weighted by Gasteiger charge is 2.31. The van der Waals surface area contributed by atoms with Crippen LogP contribution in [-0.2, 0) is 16.0 Å². The average Bonchev–Trinajstić information content (AvgIpc) is 2.62. The summed E-state index contributed by atoms with van der Waals surface area (Å²) in [6.45, 7) is 5.31. The summed E-state index contributed by atoms with van der Waals surface area (Å²) in [4.78, 5) is 28.1. The van der Waals surface area contributed by atoms with E-state index in [-0.39, 0.29) is 35.9 Å². The second-order valence-electron chi connectivity index (χ2n) is 6.78. The first-order chi connectivity index (χ1) is 13.5. The Morgan fingerprint density at radius 3 is 2.34 bits per heavy atom. The van der Waals surface area contributed by atoms with Gasteiger partial charge in [-0.15, -0.1) is 13.2 Å². The lowest BCUT2D eigenvalue weighted by atomic mass is 10.1. The SMILES string of the molecule is CC(C)C(=O)Nc1cc(C(C)NC(=O)Cc2ccc(OC(F)(F)F)cc2)ccn1. The number of carbonyl (C=O) groups is 2. The van der Waals surface area contributed by atoms with Gasteiger partial charge >= 0.3 is 6.36 Å². The van der Waals surface area contributed by atoms with Crippen molar-refractivity contribution in [3.8, 4) is 5.75 Å². The van der Waals surface area contributed by atoms with Crippen LogP contribution in [0.2, 0.25) is 0 Å². The molecule has 1 heterocycles. The van der Waals surface area contributed by atoms with E-state index in [0.29, 0.717) is 11.4 Å². The zero-order valence-electron chi connectivity index (χ0n) is 16.2. The van der Waals surface area contributed by atoms with Crippen molar-refractivity contribution in [3.63, 3.8) is 0 Å². The molecule has 29 heavy (non-hydrogen) atoms. The molecule has 2 rings (SSSR count). The van der Waals surface area contributed by atoms with Gasteiger partial charge in [0, 0.05) is 12.1 Å². The molecular weight excluding hydrogens is 387 g/mol. The van der Waals surface area contributed by atoms with Gasteiger partial charge in [-0.2, -0.15) is 0 Å². The van der Waals surface area contributed by atoms with Crippen molar-refractivity contribution in [3.05, 3.63) is 53.7 Å². The van der Waals surface area contributed by atoms with Crippen LogP contribution in [0, 0.1) is 5.92 Å². The number of benzene rings is 1. The summed E-state index contributed by atoms with van der Waals surface area (Å²) in [5, 5.41) is 5.51. The van der Waals surface area contributed by atoms with Gasteiger partial charge < -0.3 is 15.4 Å². The van der Waals surface area contributed by atoms with Crippen molar-refractivity contribution in [2.24, 2.45) is 5.92 Å². The van der Waals surface area contributed by atoms with E-state index >= 15 is 0 Å². The van der Waals surface area contributed by atoms with Gasteiger partial charge in [-0.25, -0.2) is 4.98 Å². The predicted molar refractivity (Wildman–Crippen MR) is 101 cm³/mol. The van der Waals surface area contributed by atoms with Crippen LogP contribution in [-0.4, -0.2) is 23.2 Å². The van der Waals surface area contributed by atoms with Crippen LogP contribution in [0.3, 0.4) is 0 Å². The second kappa shape index (κ2) is 9.40. The number of hydrogen-bond donors (Lipinski definition) is 2. The van der Waals surface area contributed by atoms with Crippen LogP contribution in [0.1, 0.15) is 37.9 Å². The normalized spacial score (nSPS) is 12.4. The summed E-state index contributed by atoms with van der Waals surface area (Å²) in [5.41, 5.74) is 1.30. The Labute approximate surface area is 166 Å². The topological polar surface area (TPSA) is 80.3 Å². The molecule has 0 saturated carbocycles. The summed E-state index contributed by atoms with van der Waals surface area (Å²) in [5.74, 6) is -0.605. The quantitative estimate of drug-likeness (QED) is 0.725. The first kappa shape index (κ1) is 22.2. The van der Waals surface area contributed by atoms with Crippen LogP contribution in [0.15, 0.2) is 42.6 Å². The zero-order valence-corrected chi connectivity index (χ0v) is 16.2. The maximum Gasteiger partial charge on any atom is 0.573 e. The standard InChI is InChI=1S/C20H22F3N3O3/c1-12(2)19(28)26-17-11-15(8-9-24-17)13(3)25-18(27)10-14-4-6-16(7-5-14)29-20(21,22)23/h4-9,11-13H,10H2,1-3H3,(H,25,27)(H,24,26,28). The van der Waals surface area contributed by atoms with E-state index in [0.717, 1.165) is 17.7 Å². The van der Waals surface area contributed by atoms with Crippen molar-refractivity contribution in [2.75, 3.05) is 5.32 Å². The number of amides is 2. The van der Waals surface area contributed by atoms with Crippen LogP contribution in [0.25, 0.3) is 0 Å². The van der Waals surface area contributed by atoms with Gasteiger partial charge in [0.25, 0.3) is 0 Å². The van der Waals surface area contributed by atoms with Gasteiger partial charge in [0.1, 0.15) is 11.6 Å². The summed E-state index contributed by atoms with van der Waals surface area (Å²) in [7, 11) is 0. The van der Waals surface area contributed by atoms with E-state index in [4.69, 9.17) is 0 Å². The maximum atomic E-state index is 12.3. The summed E-state index contributed by atoms with van der Waals surface area (Å²) in [6, 6.07) is 8.16. The molecule has 1 aromatic carbocycles. The molecular formula is C20H22F3N3O3.